The number of carbonyl (C=O) groups is 2. The van der Waals surface area contributed by atoms with Gasteiger partial charge in [0.05, 0.1) is 23.0 Å². The molecule has 1 aromatic heterocycles. The molecule has 4 rings (SSSR count). The third-order valence-electron chi connectivity index (χ3n) is 5.52. The second-order valence-electron chi connectivity index (χ2n) is 7.70. The summed E-state index contributed by atoms with van der Waals surface area (Å²) in [5.74, 6) is -0.951. The minimum atomic E-state index is -3.13. The highest BCUT2D eigenvalue weighted by Crippen LogP contribution is 2.40. The number of hydrogen-bond acceptors (Lipinski definition) is 5. The van der Waals surface area contributed by atoms with E-state index in [0.29, 0.717) is 22.5 Å². The molecule has 2 heterocycles. The highest BCUT2D eigenvalue weighted by molar-refractivity contribution is 7.91. The maximum atomic E-state index is 13.3. The van der Waals surface area contributed by atoms with Crippen LogP contribution in [-0.4, -0.2) is 31.6 Å². The number of carbonyl (C=O) groups excluding carboxylic acids is 2. The minimum absolute atomic E-state index is 0.0567. The Labute approximate surface area is 169 Å². The quantitative estimate of drug-likeness (QED) is 0.772. The van der Waals surface area contributed by atoms with Gasteiger partial charge in [-0.3, -0.25) is 9.59 Å². The fourth-order valence-corrected chi connectivity index (χ4v) is 7.07. The Morgan fingerprint density at radius 2 is 1.96 bits per heavy atom. The van der Waals surface area contributed by atoms with Gasteiger partial charge >= 0.3 is 0 Å². The normalized spacial score (nSPS) is 20.5. The SMILES string of the molecule is Cc1cccc(C(=O)c2c(NC(=O)[C@H]3CCS(=O)(=O)C3)sc3c2CCCC3)c1. The van der Waals surface area contributed by atoms with Crippen LogP contribution in [0.4, 0.5) is 5.00 Å². The van der Waals surface area contributed by atoms with Crippen molar-refractivity contribution in [3.8, 4) is 0 Å². The van der Waals surface area contributed by atoms with Crippen LogP contribution in [0.25, 0.3) is 0 Å². The highest BCUT2D eigenvalue weighted by atomic mass is 32.2. The van der Waals surface area contributed by atoms with E-state index in [1.54, 1.807) is 6.07 Å². The van der Waals surface area contributed by atoms with Gasteiger partial charge in [-0.2, -0.15) is 0 Å². The summed E-state index contributed by atoms with van der Waals surface area (Å²) in [6, 6.07) is 7.48. The van der Waals surface area contributed by atoms with Crippen molar-refractivity contribution >= 4 is 37.9 Å². The molecule has 0 unspecified atom stereocenters. The van der Waals surface area contributed by atoms with E-state index in [1.165, 1.54) is 11.3 Å². The van der Waals surface area contributed by atoms with Crippen molar-refractivity contribution in [2.45, 2.75) is 39.0 Å². The molecule has 2 aromatic rings. The molecule has 0 spiro atoms. The van der Waals surface area contributed by atoms with Gasteiger partial charge in [-0.15, -0.1) is 11.3 Å². The molecule has 1 saturated heterocycles. The fraction of sp³-hybridized carbons (Fsp3) is 0.429. The standard InChI is InChI=1S/C21H23NO4S2/c1-13-5-4-6-14(11-13)19(23)18-16-7-2-3-8-17(16)27-21(18)22-20(24)15-9-10-28(25,26)12-15/h4-6,11,15H,2-3,7-10,12H2,1H3,(H,22,24)/t15-/m0/s1. The van der Waals surface area contributed by atoms with Crippen molar-refractivity contribution in [1.29, 1.82) is 0 Å². The predicted molar refractivity (Wildman–Crippen MR) is 111 cm³/mol. The van der Waals surface area contributed by atoms with Gasteiger partial charge < -0.3 is 5.32 Å². The molecule has 0 saturated carbocycles. The Morgan fingerprint density at radius 3 is 2.68 bits per heavy atom. The average Bonchev–Trinajstić information content (AvgIpc) is 3.20. The second kappa shape index (κ2) is 7.44. The van der Waals surface area contributed by atoms with Gasteiger partial charge in [0.15, 0.2) is 15.6 Å². The zero-order chi connectivity index (χ0) is 19.9. The van der Waals surface area contributed by atoms with Crippen LogP contribution in [-0.2, 0) is 27.5 Å². The van der Waals surface area contributed by atoms with Gasteiger partial charge in [-0.1, -0.05) is 23.8 Å². The zero-order valence-electron chi connectivity index (χ0n) is 15.8. The molecule has 0 bridgehead atoms. The molecular formula is C21H23NO4S2. The van der Waals surface area contributed by atoms with E-state index >= 15 is 0 Å². The topological polar surface area (TPSA) is 80.3 Å². The van der Waals surface area contributed by atoms with Crippen LogP contribution in [0, 0.1) is 12.8 Å². The molecule has 1 aliphatic carbocycles. The van der Waals surface area contributed by atoms with Crippen LogP contribution < -0.4 is 5.32 Å². The molecule has 1 atom stereocenters. The molecule has 0 radical (unpaired) electrons. The number of anilines is 1. The van der Waals surface area contributed by atoms with E-state index in [4.69, 9.17) is 0 Å². The Kier molecular flexibility index (Phi) is 5.14. The number of ketones is 1. The molecule has 1 aromatic carbocycles. The number of aryl methyl sites for hydroxylation is 2. The molecule has 5 nitrogen and oxygen atoms in total. The van der Waals surface area contributed by atoms with Gasteiger partial charge in [0.1, 0.15) is 5.00 Å². The molecule has 148 valence electrons. The lowest BCUT2D eigenvalue weighted by Crippen LogP contribution is -2.24. The molecule has 1 fully saturated rings. The zero-order valence-corrected chi connectivity index (χ0v) is 17.4. The largest absolute Gasteiger partial charge is 0.317 e. The maximum absolute atomic E-state index is 13.3. The third-order valence-corrected chi connectivity index (χ3v) is 8.49. The summed E-state index contributed by atoms with van der Waals surface area (Å²) in [6.07, 6.45) is 4.22. The van der Waals surface area contributed by atoms with Crippen LogP contribution >= 0.6 is 11.3 Å². The molecule has 1 amide bonds. The Morgan fingerprint density at radius 1 is 1.18 bits per heavy atom. The molecule has 2 aliphatic rings. The Bertz CT molecular complexity index is 1050. The average molecular weight is 418 g/mol. The number of benzene rings is 1. The smallest absolute Gasteiger partial charge is 0.229 e. The number of amides is 1. The summed E-state index contributed by atoms with van der Waals surface area (Å²) in [6.45, 7) is 1.95. The molecule has 1 aliphatic heterocycles. The van der Waals surface area contributed by atoms with Gasteiger partial charge in [-0.25, -0.2) is 8.42 Å². The maximum Gasteiger partial charge on any atom is 0.229 e. The predicted octanol–water partition coefficient (Wildman–Crippen LogP) is 3.54. The summed E-state index contributed by atoms with van der Waals surface area (Å²) >= 11 is 1.47. The van der Waals surface area contributed by atoms with E-state index in [0.717, 1.165) is 41.7 Å². The second-order valence-corrected chi connectivity index (χ2v) is 11.0. The number of rotatable bonds is 4. The molecule has 1 N–H and O–H groups in total. The van der Waals surface area contributed by atoms with Crippen LogP contribution in [0.2, 0.25) is 0 Å². The van der Waals surface area contributed by atoms with Crippen LogP contribution in [0.15, 0.2) is 24.3 Å². The minimum Gasteiger partial charge on any atom is -0.317 e. The van der Waals surface area contributed by atoms with Gasteiger partial charge in [0, 0.05) is 10.4 Å². The summed E-state index contributed by atoms with van der Waals surface area (Å²) in [7, 11) is -3.13. The van der Waals surface area contributed by atoms with E-state index in [9.17, 15) is 18.0 Å². The highest BCUT2D eigenvalue weighted by Gasteiger charge is 2.34. The van der Waals surface area contributed by atoms with E-state index < -0.39 is 15.8 Å². The third kappa shape index (κ3) is 3.78. The van der Waals surface area contributed by atoms with Crippen molar-refractivity contribution in [2.24, 2.45) is 5.92 Å². The Hall–Kier alpha value is -1.99. The van der Waals surface area contributed by atoms with Gasteiger partial charge in [0.25, 0.3) is 0 Å². The van der Waals surface area contributed by atoms with Crippen molar-refractivity contribution < 1.29 is 18.0 Å². The van der Waals surface area contributed by atoms with E-state index in [-0.39, 0.29) is 23.2 Å². The lowest BCUT2D eigenvalue weighted by molar-refractivity contribution is -0.119. The lowest BCUT2D eigenvalue weighted by Gasteiger charge is -2.13. The first-order valence-electron chi connectivity index (χ1n) is 9.61. The summed E-state index contributed by atoms with van der Waals surface area (Å²) < 4.78 is 23.4. The van der Waals surface area contributed by atoms with E-state index in [1.807, 2.05) is 25.1 Å². The molecule has 7 heteroatoms. The van der Waals surface area contributed by atoms with Crippen molar-refractivity contribution in [1.82, 2.24) is 0 Å². The molecular weight excluding hydrogens is 394 g/mol. The Balaban J connectivity index is 1.68. The van der Waals surface area contributed by atoms with Gasteiger partial charge in [-0.05, 0) is 50.7 Å². The lowest BCUT2D eigenvalue weighted by atomic mass is 9.91. The summed E-state index contributed by atoms with van der Waals surface area (Å²) in [5, 5.41) is 3.48. The van der Waals surface area contributed by atoms with E-state index in [2.05, 4.69) is 5.32 Å². The van der Waals surface area contributed by atoms with Gasteiger partial charge in [0.2, 0.25) is 5.91 Å². The molecule has 28 heavy (non-hydrogen) atoms. The van der Waals surface area contributed by atoms with Crippen molar-refractivity contribution in [3.05, 3.63) is 51.4 Å². The van der Waals surface area contributed by atoms with Crippen LogP contribution in [0.1, 0.15) is 51.2 Å². The van der Waals surface area contributed by atoms with Crippen LogP contribution in [0.5, 0.6) is 0 Å². The fourth-order valence-electron chi connectivity index (χ4n) is 4.04. The van der Waals surface area contributed by atoms with Crippen molar-refractivity contribution in [3.63, 3.8) is 0 Å². The van der Waals surface area contributed by atoms with Crippen LogP contribution in [0.3, 0.4) is 0 Å². The monoisotopic (exact) mass is 417 g/mol. The summed E-state index contributed by atoms with van der Waals surface area (Å²) in [5.41, 5.74) is 3.28. The van der Waals surface area contributed by atoms with Crippen molar-refractivity contribution in [2.75, 3.05) is 16.8 Å². The number of hydrogen-bond donors (Lipinski definition) is 1. The first-order chi connectivity index (χ1) is 13.3. The number of nitrogens with one attached hydrogen (secondary N) is 1. The number of fused-ring (bicyclic) bond motifs is 1. The summed E-state index contributed by atoms with van der Waals surface area (Å²) in [4.78, 5) is 27.2. The first-order valence-corrected chi connectivity index (χ1v) is 12.2. The number of thiophene rings is 1. The first kappa shape index (κ1) is 19.3. The number of sulfone groups is 1.